The van der Waals surface area contributed by atoms with E-state index in [9.17, 15) is 9.59 Å². The maximum atomic E-state index is 12.3. The minimum atomic E-state index is -0.162. The van der Waals surface area contributed by atoms with Gasteiger partial charge < -0.3 is 19.8 Å². The Morgan fingerprint density at radius 1 is 0.969 bits per heavy atom. The maximum Gasteiger partial charge on any atom is 0.258 e. The van der Waals surface area contributed by atoms with Gasteiger partial charge in [0.05, 0.1) is 18.0 Å². The number of para-hydroxylation sites is 3. The number of H-pyrrole nitrogens is 1. The SMILES string of the molecule is COc1ccccc1Oc1ccc(NC(=O)CCCc2nc3ccccc3c(=O)[nH]2)cc1. The van der Waals surface area contributed by atoms with Crippen molar-refractivity contribution in [3.05, 3.63) is 89.0 Å². The van der Waals surface area contributed by atoms with Crippen molar-refractivity contribution in [2.45, 2.75) is 19.3 Å². The van der Waals surface area contributed by atoms with Crippen LogP contribution in [0.1, 0.15) is 18.7 Å². The van der Waals surface area contributed by atoms with Crippen molar-refractivity contribution in [2.24, 2.45) is 0 Å². The first-order valence-corrected chi connectivity index (χ1v) is 10.3. The first kappa shape index (κ1) is 21.1. The highest BCUT2D eigenvalue weighted by Crippen LogP contribution is 2.31. The second-order valence-electron chi connectivity index (χ2n) is 7.21. The first-order chi connectivity index (χ1) is 15.6. The molecule has 162 valence electrons. The molecule has 32 heavy (non-hydrogen) atoms. The van der Waals surface area contributed by atoms with Crippen LogP contribution in [-0.4, -0.2) is 23.0 Å². The number of carbonyl (C=O) groups excluding carboxylic acids is 1. The molecule has 4 aromatic rings. The van der Waals surface area contributed by atoms with Crippen LogP contribution in [0.4, 0.5) is 5.69 Å². The van der Waals surface area contributed by atoms with Crippen molar-refractivity contribution >= 4 is 22.5 Å². The Balaban J connectivity index is 1.29. The molecule has 0 saturated heterocycles. The summed E-state index contributed by atoms with van der Waals surface area (Å²) in [7, 11) is 1.59. The number of ether oxygens (including phenoxy) is 2. The topological polar surface area (TPSA) is 93.3 Å². The van der Waals surface area contributed by atoms with Crippen molar-refractivity contribution in [2.75, 3.05) is 12.4 Å². The number of benzene rings is 3. The van der Waals surface area contributed by atoms with E-state index >= 15 is 0 Å². The molecule has 4 rings (SSSR count). The standard InChI is InChI=1S/C25H23N3O4/c1-31-21-9-4-5-10-22(21)32-18-15-13-17(14-16-18)26-24(29)12-6-11-23-27-20-8-3-2-7-19(20)25(30)28-23/h2-5,7-10,13-16H,6,11-12H2,1H3,(H,26,29)(H,27,28,30). The third kappa shape index (κ3) is 5.13. The van der Waals surface area contributed by atoms with Gasteiger partial charge in [0.15, 0.2) is 11.5 Å². The van der Waals surface area contributed by atoms with E-state index in [0.29, 0.717) is 58.9 Å². The Hall–Kier alpha value is -4.13. The van der Waals surface area contributed by atoms with E-state index in [2.05, 4.69) is 15.3 Å². The lowest BCUT2D eigenvalue weighted by Crippen LogP contribution is -2.14. The highest BCUT2D eigenvalue weighted by atomic mass is 16.5. The Bertz CT molecular complexity index is 1280. The lowest BCUT2D eigenvalue weighted by atomic mass is 10.2. The van der Waals surface area contributed by atoms with Crippen LogP contribution in [0.2, 0.25) is 0 Å². The molecule has 7 nitrogen and oxygen atoms in total. The van der Waals surface area contributed by atoms with Gasteiger partial charge in [-0.3, -0.25) is 9.59 Å². The zero-order valence-electron chi connectivity index (χ0n) is 17.6. The number of nitrogens with one attached hydrogen (secondary N) is 2. The lowest BCUT2D eigenvalue weighted by Gasteiger charge is -2.11. The summed E-state index contributed by atoms with van der Waals surface area (Å²) in [6.45, 7) is 0. The molecule has 0 unspecified atom stereocenters. The number of aromatic amines is 1. The van der Waals surface area contributed by atoms with Gasteiger partial charge in [-0.05, 0) is 55.0 Å². The smallest absolute Gasteiger partial charge is 0.258 e. The third-order valence-corrected chi connectivity index (χ3v) is 4.91. The molecule has 0 radical (unpaired) electrons. The van der Waals surface area contributed by atoms with Crippen LogP contribution in [0.3, 0.4) is 0 Å². The monoisotopic (exact) mass is 429 g/mol. The highest BCUT2D eigenvalue weighted by Gasteiger charge is 2.08. The minimum Gasteiger partial charge on any atom is -0.493 e. The molecular formula is C25H23N3O4. The summed E-state index contributed by atoms with van der Waals surface area (Å²) in [5.41, 5.74) is 1.18. The summed E-state index contributed by atoms with van der Waals surface area (Å²) in [5, 5.41) is 3.43. The number of fused-ring (bicyclic) bond motifs is 1. The van der Waals surface area contributed by atoms with Gasteiger partial charge in [-0.2, -0.15) is 0 Å². The van der Waals surface area contributed by atoms with E-state index in [0.717, 1.165) is 0 Å². The predicted molar refractivity (Wildman–Crippen MR) is 123 cm³/mol. The van der Waals surface area contributed by atoms with Gasteiger partial charge in [0, 0.05) is 18.5 Å². The lowest BCUT2D eigenvalue weighted by molar-refractivity contribution is -0.116. The van der Waals surface area contributed by atoms with Crippen molar-refractivity contribution in [1.82, 2.24) is 9.97 Å². The van der Waals surface area contributed by atoms with Crippen molar-refractivity contribution in [3.8, 4) is 17.2 Å². The molecule has 0 bridgehead atoms. The normalized spacial score (nSPS) is 10.7. The van der Waals surface area contributed by atoms with Crippen LogP contribution in [0.25, 0.3) is 10.9 Å². The molecule has 0 fully saturated rings. The average Bonchev–Trinajstić information content (AvgIpc) is 2.81. The van der Waals surface area contributed by atoms with E-state index in [1.165, 1.54) is 0 Å². The Morgan fingerprint density at radius 3 is 2.47 bits per heavy atom. The fraction of sp³-hybridized carbons (Fsp3) is 0.160. The summed E-state index contributed by atoms with van der Waals surface area (Å²) in [5.74, 6) is 2.38. The van der Waals surface area contributed by atoms with Crippen LogP contribution in [0.15, 0.2) is 77.6 Å². The van der Waals surface area contributed by atoms with Crippen LogP contribution < -0.4 is 20.3 Å². The maximum absolute atomic E-state index is 12.3. The molecule has 0 spiro atoms. The van der Waals surface area contributed by atoms with E-state index in [4.69, 9.17) is 9.47 Å². The highest BCUT2D eigenvalue weighted by molar-refractivity contribution is 5.90. The third-order valence-electron chi connectivity index (χ3n) is 4.91. The Kier molecular flexibility index (Phi) is 6.46. The van der Waals surface area contributed by atoms with Crippen LogP contribution >= 0.6 is 0 Å². The van der Waals surface area contributed by atoms with Crippen molar-refractivity contribution in [1.29, 1.82) is 0 Å². The Labute approximate surface area is 185 Å². The fourth-order valence-corrected chi connectivity index (χ4v) is 3.33. The van der Waals surface area contributed by atoms with E-state index in [1.807, 2.05) is 36.4 Å². The number of aromatic nitrogens is 2. The predicted octanol–water partition coefficient (Wildman–Crippen LogP) is 4.69. The quantitative estimate of drug-likeness (QED) is 0.424. The van der Waals surface area contributed by atoms with Gasteiger partial charge in [-0.25, -0.2) is 4.98 Å². The number of anilines is 1. The van der Waals surface area contributed by atoms with Gasteiger partial charge in [-0.15, -0.1) is 0 Å². The molecule has 7 heteroatoms. The largest absolute Gasteiger partial charge is 0.493 e. The van der Waals surface area contributed by atoms with Crippen LogP contribution in [-0.2, 0) is 11.2 Å². The van der Waals surface area contributed by atoms with Gasteiger partial charge >= 0.3 is 0 Å². The second-order valence-corrected chi connectivity index (χ2v) is 7.21. The number of hydrogen-bond donors (Lipinski definition) is 2. The number of aryl methyl sites for hydroxylation is 1. The average molecular weight is 429 g/mol. The zero-order chi connectivity index (χ0) is 22.3. The number of methoxy groups -OCH3 is 1. The van der Waals surface area contributed by atoms with Gasteiger partial charge in [0.1, 0.15) is 11.6 Å². The van der Waals surface area contributed by atoms with Crippen molar-refractivity contribution < 1.29 is 14.3 Å². The molecule has 1 heterocycles. The zero-order valence-corrected chi connectivity index (χ0v) is 17.6. The molecule has 1 aromatic heterocycles. The Morgan fingerprint density at radius 2 is 1.69 bits per heavy atom. The van der Waals surface area contributed by atoms with Gasteiger partial charge in [0.2, 0.25) is 5.91 Å². The first-order valence-electron chi connectivity index (χ1n) is 10.3. The molecule has 2 N–H and O–H groups in total. The van der Waals surface area contributed by atoms with Crippen LogP contribution in [0, 0.1) is 0 Å². The van der Waals surface area contributed by atoms with E-state index in [-0.39, 0.29) is 11.5 Å². The number of rotatable bonds is 8. The molecule has 3 aromatic carbocycles. The summed E-state index contributed by atoms with van der Waals surface area (Å²) in [4.78, 5) is 31.7. The molecule has 0 atom stereocenters. The molecular weight excluding hydrogens is 406 g/mol. The summed E-state index contributed by atoms with van der Waals surface area (Å²) >= 11 is 0. The summed E-state index contributed by atoms with van der Waals surface area (Å²) in [6.07, 6.45) is 1.40. The molecule has 0 aliphatic heterocycles. The van der Waals surface area contributed by atoms with Crippen molar-refractivity contribution in [3.63, 3.8) is 0 Å². The number of nitrogens with zero attached hydrogens (tertiary/aromatic N) is 1. The molecule has 0 aliphatic rings. The van der Waals surface area contributed by atoms with Gasteiger partial charge in [0.25, 0.3) is 5.56 Å². The number of amides is 1. The summed E-state index contributed by atoms with van der Waals surface area (Å²) in [6, 6.07) is 21.7. The summed E-state index contributed by atoms with van der Waals surface area (Å²) < 4.78 is 11.1. The fourth-order valence-electron chi connectivity index (χ4n) is 3.33. The molecule has 0 aliphatic carbocycles. The van der Waals surface area contributed by atoms with Gasteiger partial charge in [-0.1, -0.05) is 24.3 Å². The van der Waals surface area contributed by atoms with E-state index < -0.39 is 0 Å². The number of carbonyl (C=O) groups is 1. The number of hydrogen-bond acceptors (Lipinski definition) is 5. The second kappa shape index (κ2) is 9.78. The van der Waals surface area contributed by atoms with E-state index in [1.54, 1.807) is 43.5 Å². The molecule has 0 saturated carbocycles. The molecule has 1 amide bonds. The van der Waals surface area contributed by atoms with Crippen LogP contribution in [0.5, 0.6) is 17.2 Å². The minimum absolute atomic E-state index is 0.105.